The molecular formula is C16H18N2S. The van der Waals surface area contributed by atoms with E-state index in [-0.39, 0.29) is 0 Å². The monoisotopic (exact) mass is 270 g/mol. The highest BCUT2D eigenvalue weighted by Crippen LogP contribution is 2.32. The van der Waals surface area contributed by atoms with Gasteiger partial charge in [0.1, 0.15) is 10.0 Å². The number of fused-ring (bicyclic) bond motifs is 1. The second kappa shape index (κ2) is 5.57. The van der Waals surface area contributed by atoms with Crippen LogP contribution in [0.15, 0.2) is 30.3 Å². The van der Waals surface area contributed by atoms with Crippen molar-refractivity contribution < 1.29 is 0 Å². The van der Waals surface area contributed by atoms with Crippen molar-refractivity contribution in [2.45, 2.75) is 26.2 Å². The van der Waals surface area contributed by atoms with Crippen LogP contribution in [0, 0.1) is 0 Å². The summed E-state index contributed by atoms with van der Waals surface area (Å²) in [5, 5.41) is 5.91. The fourth-order valence-corrected chi connectivity index (χ4v) is 3.32. The second-order valence-corrected chi connectivity index (χ2v) is 5.92. The SMILES string of the molecule is CC(=Cc1ccccc1)c1nc2c(s1)NCCCC2. The zero-order valence-corrected chi connectivity index (χ0v) is 12.0. The molecule has 1 aromatic carbocycles. The number of aromatic nitrogens is 1. The molecule has 1 N–H and O–H groups in total. The second-order valence-electron chi connectivity index (χ2n) is 4.92. The molecule has 0 aliphatic carbocycles. The summed E-state index contributed by atoms with van der Waals surface area (Å²) in [5.74, 6) is 0. The van der Waals surface area contributed by atoms with Crippen molar-refractivity contribution >= 4 is 28.0 Å². The van der Waals surface area contributed by atoms with Crippen LogP contribution in [0.5, 0.6) is 0 Å². The molecule has 1 aliphatic rings. The van der Waals surface area contributed by atoms with Crippen molar-refractivity contribution in [2.24, 2.45) is 0 Å². The number of hydrogen-bond donors (Lipinski definition) is 1. The minimum Gasteiger partial charge on any atom is -0.375 e. The van der Waals surface area contributed by atoms with Gasteiger partial charge >= 0.3 is 0 Å². The standard InChI is InChI=1S/C16H18N2S/c1-12(11-13-7-3-2-4-8-13)15-18-14-9-5-6-10-17-16(14)19-15/h2-4,7-8,11,17H,5-6,9-10H2,1H3. The number of anilines is 1. The summed E-state index contributed by atoms with van der Waals surface area (Å²) in [6.07, 6.45) is 5.80. The van der Waals surface area contributed by atoms with Crippen molar-refractivity contribution in [2.75, 3.05) is 11.9 Å². The topological polar surface area (TPSA) is 24.9 Å². The maximum absolute atomic E-state index is 4.79. The Morgan fingerprint density at radius 2 is 2.11 bits per heavy atom. The summed E-state index contributed by atoms with van der Waals surface area (Å²) in [6.45, 7) is 3.22. The summed E-state index contributed by atoms with van der Waals surface area (Å²) in [7, 11) is 0. The fourth-order valence-electron chi connectivity index (χ4n) is 2.31. The Hall–Kier alpha value is -1.61. The lowest BCUT2D eigenvalue weighted by atomic mass is 10.1. The average Bonchev–Trinajstić information content (AvgIpc) is 2.72. The van der Waals surface area contributed by atoms with Crippen LogP contribution in [0.1, 0.15) is 36.0 Å². The van der Waals surface area contributed by atoms with Crippen LogP contribution in [0.3, 0.4) is 0 Å². The number of benzene rings is 1. The van der Waals surface area contributed by atoms with Gasteiger partial charge in [-0.25, -0.2) is 4.98 Å². The normalized spacial score (nSPS) is 15.5. The van der Waals surface area contributed by atoms with E-state index in [1.165, 1.54) is 34.7 Å². The fraction of sp³-hybridized carbons (Fsp3) is 0.312. The largest absolute Gasteiger partial charge is 0.375 e. The highest BCUT2D eigenvalue weighted by molar-refractivity contribution is 7.16. The molecule has 0 unspecified atom stereocenters. The van der Waals surface area contributed by atoms with Gasteiger partial charge in [0, 0.05) is 6.54 Å². The third-order valence-electron chi connectivity index (χ3n) is 3.34. The Morgan fingerprint density at radius 1 is 1.26 bits per heavy atom. The maximum Gasteiger partial charge on any atom is 0.121 e. The molecule has 0 radical (unpaired) electrons. The van der Waals surface area contributed by atoms with Crippen LogP contribution in [-0.2, 0) is 6.42 Å². The Kier molecular flexibility index (Phi) is 3.65. The molecule has 2 aromatic rings. The molecule has 2 nitrogen and oxygen atoms in total. The predicted octanol–water partition coefficient (Wildman–Crippen LogP) is 4.45. The summed E-state index contributed by atoms with van der Waals surface area (Å²) < 4.78 is 0. The van der Waals surface area contributed by atoms with E-state index in [1.54, 1.807) is 11.3 Å². The average molecular weight is 270 g/mol. The number of thiazole rings is 1. The first-order valence-corrected chi connectivity index (χ1v) is 7.62. The predicted molar refractivity (Wildman–Crippen MR) is 83.5 cm³/mol. The van der Waals surface area contributed by atoms with Crippen molar-refractivity contribution in [3.63, 3.8) is 0 Å². The molecule has 1 aromatic heterocycles. The summed E-state index contributed by atoms with van der Waals surface area (Å²) in [6, 6.07) is 10.4. The van der Waals surface area contributed by atoms with E-state index < -0.39 is 0 Å². The third kappa shape index (κ3) is 2.87. The van der Waals surface area contributed by atoms with Gasteiger partial charge in [0.15, 0.2) is 0 Å². The van der Waals surface area contributed by atoms with Gasteiger partial charge in [0.2, 0.25) is 0 Å². The van der Waals surface area contributed by atoms with Crippen LogP contribution >= 0.6 is 11.3 Å². The molecule has 3 heteroatoms. The summed E-state index contributed by atoms with van der Waals surface area (Å²) >= 11 is 1.79. The highest BCUT2D eigenvalue weighted by atomic mass is 32.1. The number of allylic oxidation sites excluding steroid dienone is 1. The Morgan fingerprint density at radius 3 is 2.95 bits per heavy atom. The van der Waals surface area contributed by atoms with Gasteiger partial charge in [-0.2, -0.15) is 0 Å². The Balaban J connectivity index is 1.88. The molecule has 1 aliphatic heterocycles. The van der Waals surface area contributed by atoms with E-state index in [0.717, 1.165) is 18.0 Å². The van der Waals surface area contributed by atoms with Gasteiger partial charge in [0.05, 0.1) is 5.69 Å². The van der Waals surface area contributed by atoms with Crippen LogP contribution in [0.2, 0.25) is 0 Å². The zero-order valence-electron chi connectivity index (χ0n) is 11.1. The Labute approximate surface area is 118 Å². The van der Waals surface area contributed by atoms with E-state index in [4.69, 9.17) is 4.98 Å². The van der Waals surface area contributed by atoms with E-state index in [0.29, 0.717) is 0 Å². The molecule has 19 heavy (non-hydrogen) atoms. The molecule has 0 atom stereocenters. The van der Waals surface area contributed by atoms with Crippen molar-refractivity contribution in [1.29, 1.82) is 0 Å². The number of nitrogens with zero attached hydrogens (tertiary/aromatic N) is 1. The van der Waals surface area contributed by atoms with E-state index in [1.807, 2.05) is 6.07 Å². The maximum atomic E-state index is 4.79. The molecule has 2 heterocycles. The van der Waals surface area contributed by atoms with Crippen molar-refractivity contribution in [3.8, 4) is 0 Å². The number of hydrogen-bond acceptors (Lipinski definition) is 3. The lowest BCUT2D eigenvalue weighted by molar-refractivity contribution is 0.774. The number of aryl methyl sites for hydroxylation is 1. The molecule has 0 saturated heterocycles. The first-order chi connectivity index (χ1) is 9.33. The van der Waals surface area contributed by atoms with E-state index in [2.05, 4.69) is 42.6 Å². The van der Waals surface area contributed by atoms with Gasteiger partial charge in [0.25, 0.3) is 0 Å². The van der Waals surface area contributed by atoms with Crippen LogP contribution in [0.4, 0.5) is 5.00 Å². The summed E-state index contributed by atoms with van der Waals surface area (Å²) in [5.41, 5.74) is 3.72. The van der Waals surface area contributed by atoms with Gasteiger partial charge in [-0.05, 0) is 43.4 Å². The molecular weight excluding hydrogens is 252 g/mol. The third-order valence-corrected chi connectivity index (χ3v) is 4.53. The van der Waals surface area contributed by atoms with Gasteiger partial charge in [-0.15, -0.1) is 0 Å². The zero-order chi connectivity index (χ0) is 13.1. The molecule has 3 rings (SSSR count). The van der Waals surface area contributed by atoms with Gasteiger partial charge < -0.3 is 5.32 Å². The lowest BCUT2D eigenvalue weighted by Gasteiger charge is -1.98. The Bertz CT molecular complexity index is 561. The van der Waals surface area contributed by atoms with Crippen LogP contribution in [-0.4, -0.2) is 11.5 Å². The molecule has 0 saturated carbocycles. The molecule has 98 valence electrons. The molecule has 0 bridgehead atoms. The van der Waals surface area contributed by atoms with Gasteiger partial charge in [-0.1, -0.05) is 41.7 Å². The minimum absolute atomic E-state index is 1.08. The lowest BCUT2D eigenvalue weighted by Crippen LogP contribution is -1.96. The number of nitrogens with one attached hydrogen (secondary N) is 1. The van der Waals surface area contributed by atoms with Crippen molar-refractivity contribution in [1.82, 2.24) is 4.98 Å². The first-order valence-electron chi connectivity index (χ1n) is 6.80. The van der Waals surface area contributed by atoms with Gasteiger partial charge in [-0.3, -0.25) is 0 Å². The van der Waals surface area contributed by atoms with Crippen LogP contribution < -0.4 is 5.32 Å². The molecule has 0 amide bonds. The smallest absolute Gasteiger partial charge is 0.121 e. The molecule has 0 fully saturated rings. The minimum atomic E-state index is 1.08. The van der Waals surface area contributed by atoms with Crippen molar-refractivity contribution in [3.05, 3.63) is 46.6 Å². The summed E-state index contributed by atoms with van der Waals surface area (Å²) in [4.78, 5) is 4.79. The quantitative estimate of drug-likeness (QED) is 0.872. The van der Waals surface area contributed by atoms with E-state index in [9.17, 15) is 0 Å². The highest BCUT2D eigenvalue weighted by Gasteiger charge is 2.14. The number of rotatable bonds is 2. The van der Waals surface area contributed by atoms with Crippen LogP contribution in [0.25, 0.3) is 11.6 Å². The van der Waals surface area contributed by atoms with E-state index >= 15 is 0 Å². The first kappa shape index (κ1) is 12.4. The molecule has 0 spiro atoms.